The summed E-state index contributed by atoms with van der Waals surface area (Å²) in [5, 5.41) is 18.7. The highest BCUT2D eigenvalue weighted by atomic mass is 16.3. The van der Waals surface area contributed by atoms with E-state index in [4.69, 9.17) is 0 Å². The van der Waals surface area contributed by atoms with Crippen molar-refractivity contribution in [3.63, 3.8) is 0 Å². The van der Waals surface area contributed by atoms with Gasteiger partial charge in [0.25, 0.3) is 5.91 Å². The predicted molar refractivity (Wildman–Crippen MR) is 69.8 cm³/mol. The summed E-state index contributed by atoms with van der Waals surface area (Å²) in [4.78, 5) is 17.7. The molecule has 5 nitrogen and oxygen atoms in total. The second kappa shape index (κ2) is 5.39. The van der Waals surface area contributed by atoms with Gasteiger partial charge in [0.05, 0.1) is 12.2 Å². The number of phenolic OH excluding ortho intramolecular Hbond substituents is 2. The van der Waals surface area contributed by atoms with Crippen LogP contribution in [0.4, 0.5) is 0 Å². The number of phenols is 2. The first-order valence-corrected chi connectivity index (χ1v) is 5.74. The largest absolute Gasteiger partial charge is 0.508 e. The third-order valence-electron chi connectivity index (χ3n) is 2.62. The van der Waals surface area contributed by atoms with Gasteiger partial charge in [0.2, 0.25) is 0 Å². The molecule has 0 saturated heterocycles. The molecule has 0 bridgehead atoms. The molecule has 0 saturated carbocycles. The van der Waals surface area contributed by atoms with Crippen molar-refractivity contribution >= 4 is 5.91 Å². The van der Waals surface area contributed by atoms with E-state index in [-0.39, 0.29) is 23.0 Å². The van der Waals surface area contributed by atoms with Gasteiger partial charge in [0, 0.05) is 24.9 Å². The molecule has 98 valence electrons. The molecule has 2 rings (SSSR count). The van der Waals surface area contributed by atoms with Crippen LogP contribution in [0.3, 0.4) is 0 Å². The molecule has 1 aromatic carbocycles. The zero-order valence-corrected chi connectivity index (χ0v) is 10.4. The van der Waals surface area contributed by atoms with Crippen molar-refractivity contribution < 1.29 is 15.0 Å². The number of benzene rings is 1. The molecular formula is C14H14N2O3. The van der Waals surface area contributed by atoms with Gasteiger partial charge in [-0.15, -0.1) is 0 Å². The first-order valence-electron chi connectivity index (χ1n) is 5.74. The molecule has 0 radical (unpaired) electrons. The number of pyridine rings is 1. The highest BCUT2D eigenvalue weighted by Crippen LogP contribution is 2.21. The monoisotopic (exact) mass is 258 g/mol. The van der Waals surface area contributed by atoms with Crippen LogP contribution in [0.2, 0.25) is 0 Å². The number of aromatic hydroxyl groups is 2. The summed E-state index contributed by atoms with van der Waals surface area (Å²) < 4.78 is 0. The fourth-order valence-electron chi connectivity index (χ4n) is 1.75. The van der Waals surface area contributed by atoms with Crippen molar-refractivity contribution in [2.45, 2.75) is 6.54 Å². The van der Waals surface area contributed by atoms with Crippen LogP contribution < -0.4 is 0 Å². The maximum atomic E-state index is 12.1. The van der Waals surface area contributed by atoms with Gasteiger partial charge in [-0.1, -0.05) is 6.07 Å². The Hall–Kier alpha value is -2.56. The molecule has 1 heterocycles. The zero-order valence-electron chi connectivity index (χ0n) is 10.4. The molecule has 0 fully saturated rings. The van der Waals surface area contributed by atoms with Crippen molar-refractivity contribution in [3.8, 4) is 11.5 Å². The summed E-state index contributed by atoms with van der Waals surface area (Å²) in [6, 6.07) is 9.28. The van der Waals surface area contributed by atoms with E-state index < -0.39 is 0 Å². The van der Waals surface area contributed by atoms with Crippen LogP contribution in [-0.4, -0.2) is 33.1 Å². The minimum atomic E-state index is -0.295. The van der Waals surface area contributed by atoms with Gasteiger partial charge < -0.3 is 15.1 Å². The lowest BCUT2D eigenvalue weighted by molar-refractivity contribution is 0.0782. The Morgan fingerprint density at radius 2 is 1.89 bits per heavy atom. The van der Waals surface area contributed by atoms with Crippen molar-refractivity contribution in [2.24, 2.45) is 0 Å². The molecule has 1 aromatic heterocycles. The number of nitrogens with zero attached hydrogens (tertiary/aromatic N) is 2. The number of hydrogen-bond donors (Lipinski definition) is 2. The maximum Gasteiger partial charge on any atom is 0.254 e. The molecule has 0 atom stereocenters. The molecule has 0 aliphatic heterocycles. The first-order chi connectivity index (χ1) is 9.06. The lowest BCUT2D eigenvalue weighted by Gasteiger charge is -2.17. The van der Waals surface area contributed by atoms with E-state index >= 15 is 0 Å². The third-order valence-corrected chi connectivity index (χ3v) is 2.62. The van der Waals surface area contributed by atoms with Gasteiger partial charge in [-0.3, -0.25) is 9.78 Å². The van der Waals surface area contributed by atoms with Gasteiger partial charge in [0.15, 0.2) is 0 Å². The molecule has 19 heavy (non-hydrogen) atoms. The molecule has 0 aliphatic carbocycles. The van der Waals surface area contributed by atoms with Crippen molar-refractivity contribution in [2.75, 3.05) is 7.05 Å². The van der Waals surface area contributed by atoms with Gasteiger partial charge in [-0.2, -0.15) is 0 Å². The van der Waals surface area contributed by atoms with Crippen LogP contribution >= 0.6 is 0 Å². The molecule has 5 heteroatoms. The minimum absolute atomic E-state index is 0.144. The Balaban J connectivity index is 2.15. The second-order valence-corrected chi connectivity index (χ2v) is 4.22. The van der Waals surface area contributed by atoms with Crippen LogP contribution in [0.5, 0.6) is 11.5 Å². The summed E-state index contributed by atoms with van der Waals surface area (Å²) >= 11 is 0. The fraction of sp³-hybridized carbons (Fsp3) is 0.143. The molecule has 2 N–H and O–H groups in total. The highest BCUT2D eigenvalue weighted by Gasteiger charge is 2.14. The zero-order chi connectivity index (χ0) is 13.8. The summed E-state index contributed by atoms with van der Waals surface area (Å²) in [6.45, 7) is 0.357. The van der Waals surface area contributed by atoms with E-state index in [1.165, 1.54) is 23.1 Å². The van der Waals surface area contributed by atoms with Crippen LogP contribution in [-0.2, 0) is 6.54 Å². The highest BCUT2D eigenvalue weighted by molar-refractivity contribution is 5.94. The number of amides is 1. The normalized spacial score (nSPS) is 10.2. The molecule has 0 spiro atoms. The van der Waals surface area contributed by atoms with Gasteiger partial charge in [-0.05, 0) is 24.3 Å². The smallest absolute Gasteiger partial charge is 0.254 e. The Kier molecular flexibility index (Phi) is 3.66. The van der Waals surface area contributed by atoms with Crippen LogP contribution in [0, 0.1) is 0 Å². The minimum Gasteiger partial charge on any atom is -0.508 e. The maximum absolute atomic E-state index is 12.1. The van der Waals surface area contributed by atoms with Crippen molar-refractivity contribution in [3.05, 3.63) is 53.9 Å². The van der Waals surface area contributed by atoms with E-state index in [0.717, 1.165) is 5.69 Å². The first kappa shape index (κ1) is 12.9. The lowest BCUT2D eigenvalue weighted by Crippen LogP contribution is -2.26. The molecular weight excluding hydrogens is 244 g/mol. The fourth-order valence-corrected chi connectivity index (χ4v) is 1.75. The average Bonchev–Trinajstić information content (AvgIpc) is 2.37. The van der Waals surface area contributed by atoms with E-state index in [1.807, 2.05) is 12.1 Å². The van der Waals surface area contributed by atoms with Crippen molar-refractivity contribution in [1.82, 2.24) is 9.88 Å². The molecule has 1 amide bonds. The average molecular weight is 258 g/mol. The number of hydrogen-bond acceptors (Lipinski definition) is 4. The summed E-state index contributed by atoms with van der Waals surface area (Å²) in [5.74, 6) is -0.582. The molecule has 2 aromatic rings. The number of rotatable bonds is 3. The lowest BCUT2D eigenvalue weighted by atomic mass is 10.1. The van der Waals surface area contributed by atoms with Crippen LogP contribution in [0.15, 0.2) is 42.6 Å². The summed E-state index contributed by atoms with van der Waals surface area (Å²) in [5.41, 5.74) is 0.999. The van der Waals surface area contributed by atoms with Gasteiger partial charge in [-0.25, -0.2) is 0 Å². The predicted octanol–water partition coefficient (Wildman–Crippen LogP) is 1.77. The second-order valence-electron chi connectivity index (χ2n) is 4.22. The van der Waals surface area contributed by atoms with Crippen LogP contribution in [0.25, 0.3) is 0 Å². The number of carbonyl (C=O) groups is 1. The van der Waals surface area contributed by atoms with Gasteiger partial charge in [0.1, 0.15) is 11.5 Å². The summed E-state index contributed by atoms with van der Waals surface area (Å²) in [7, 11) is 1.64. The quantitative estimate of drug-likeness (QED) is 0.879. The van der Waals surface area contributed by atoms with Gasteiger partial charge >= 0.3 is 0 Å². The third kappa shape index (κ3) is 3.22. The Morgan fingerprint density at radius 3 is 2.47 bits per heavy atom. The molecule has 0 aliphatic rings. The van der Waals surface area contributed by atoms with E-state index in [2.05, 4.69) is 4.98 Å². The Bertz CT molecular complexity index is 564. The topological polar surface area (TPSA) is 73.7 Å². The standard InChI is InChI=1S/C14H14N2O3/c1-16(9-11-4-2-3-5-15-11)14(19)10-6-12(17)8-13(18)7-10/h2-8,17-18H,9H2,1H3. The van der Waals surface area contributed by atoms with Crippen LogP contribution in [0.1, 0.15) is 16.1 Å². The van der Waals surface area contributed by atoms with E-state index in [1.54, 1.807) is 19.3 Å². The Labute approximate surface area is 110 Å². The SMILES string of the molecule is CN(Cc1ccccn1)C(=O)c1cc(O)cc(O)c1. The Morgan fingerprint density at radius 1 is 1.21 bits per heavy atom. The number of aromatic nitrogens is 1. The molecule has 0 unspecified atom stereocenters. The summed E-state index contributed by atoms with van der Waals surface area (Å²) in [6.07, 6.45) is 1.66. The van der Waals surface area contributed by atoms with E-state index in [0.29, 0.717) is 6.54 Å². The number of carbonyl (C=O) groups excluding carboxylic acids is 1. The van der Waals surface area contributed by atoms with E-state index in [9.17, 15) is 15.0 Å². The van der Waals surface area contributed by atoms with Crippen molar-refractivity contribution in [1.29, 1.82) is 0 Å².